The second-order valence-electron chi connectivity index (χ2n) is 5.34. The van der Waals surface area contributed by atoms with E-state index in [-0.39, 0.29) is 0 Å². The van der Waals surface area contributed by atoms with Gasteiger partial charge in [-0.25, -0.2) is 9.97 Å². The fourth-order valence-electron chi connectivity index (χ4n) is 1.96. The zero-order valence-corrected chi connectivity index (χ0v) is 11.6. The zero-order chi connectivity index (χ0) is 12.5. The summed E-state index contributed by atoms with van der Waals surface area (Å²) in [6, 6.07) is 0. The minimum absolute atomic E-state index is 0.861. The minimum atomic E-state index is 0.861. The SMILES string of the molecule is Cc1ncc(CCCCCCCC(C)C)cn1. The fourth-order valence-corrected chi connectivity index (χ4v) is 1.96. The fraction of sp³-hybridized carbons (Fsp3) is 0.733. The van der Waals surface area contributed by atoms with E-state index in [1.54, 1.807) is 0 Å². The zero-order valence-electron chi connectivity index (χ0n) is 11.6. The summed E-state index contributed by atoms with van der Waals surface area (Å²) in [7, 11) is 0. The van der Waals surface area contributed by atoms with Gasteiger partial charge in [0.2, 0.25) is 0 Å². The number of aryl methyl sites for hydroxylation is 2. The van der Waals surface area contributed by atoms with Crippen LogP contribution in [0.25, 0.3) is 0 Å². The molecule has 17 heavy (non-hydrogen) atoms. The van der Waals surface area contributed by atoms with Gasteiger partial charge in [-0.2, -0.15) is 0 Å². The molecule has 0 aliphatic rings. The first-order valence-electron chi connectivity index (χ1n) is 6.96. The van der Waals surface area contributed by atoms with Crippen molar-refractivity contribution in [3.63, 3.8) is 0 Å². The molecule has 2 nitrogen and oxygen atoms in total. The predicted octanol–water partition coefficient (Wildman–Crippen LogP) is 4.32. The van der Waals surface area contributed by atoms with E-state index in [2.05, 4.69) is 23.8 Å². The van der Waals surface area contributed by atoms with Gasteiger partial charge in [-0.1, -0.05) is 46.0 Å². The number of hydrogen-bond acceptors (Lipinski definition) is 2. The smallest absolute Gasteiger partial charge is 0.125 e. The summed E-state index contributed by atoms with van der Waals surface area (Å²) in [4.78, 5) is 8.43. The standard InChI is InChI=1S/C15H26N2/c1-13(2)9-7-5-4-6-8-10-15-11-16-14(3)17-12-15/h11-13H,4-10H2,1-3H3. The van der Waals surface area contributed by atoms with Gasteiger partial charge in [0.05, 0.1) is 0 Å². The summed E-state index contributed by atoms with van der Waals surface area (Å²) in [5.41, 5.74) is 1.28. The van der Waals surface area contributed by atoms with Crippen molar-refractivity contribution < 1.29 is 0 Å². The first-order chi connectivity index (χ1) is 8.18. The van der Waals surface area contributed by atoms with Gasteiger partial charge in [-0.15, -0.1) is 0 Å². The van der Waals surface area contributed by atoms with Crippen LogP contribution in [0, 0.1) is 12.8 Å². The van der Waals surface area contributed by atoms with Gasteiger partial charge in [0.15, 0.2) is 0 Å². The third-order valence-electron chi connectivity index (χ3n) is 3.08. The van der Waals surface area contributed by atoms with Crippen LogP contribution in [0.2, 0.25) is 0 Å². The Bertz CT molecular complexity index is 290. The molecule has 0 radical (unpaired) electrons. The van der Waals surface area contributed by atoms with E-state index in [0.29, 0.717) is 0 Å². The summed E-state index contributed by atoms with van der Waals surface area (Å²) in [5, 5.41) is 0. The van der Waals surface area contributed by atoms with Gasteiger partial charge in [-0.3, -0.25) is 0 Å². The molecule has 0 aromatic carbocycles. The van der Waals surface area contributed by atoms with Crippen molar-refractivity contribution >= 4 is 0 Å². The van der Waals surface area contributed by atoms with Gasteiger partial charge in [0.1, 0.15) is 5.82 Å². The van der Waals surface area contributed by atoms with Crippen LogP contribution in [0.1, 0.15) is 63.8 Å². The molecule has 2 heteroatoms. The maximum Gasteiger partial charge on any atom is 0.125 e. The van der Waals surface area contributed by atoms with E-state index in [4.69, 9.17) is 0 Å². The average molecular weight is 234 g/mol. The molecule has 96 valence electrons. The molecule has 0 saturated heterocycles. The van der Waals surface area contributed by atoms with E-state index in [1.807, 2.05) is 19.3 Å². The molecule has 0 spiro atoms. The third-order valence-corrected chi connectivity index (χ3v) is 3.08. The van der Waals surface area contributed by atoms with Crippen LogP contribution in [0.5, 0.6) is 0 Å². The molecule has 1 aromatic heterocycles. The Hall–Kier alpha value is -0.920. The normalized spacial score (nSPS) is 11.1. The van der Waals surface area contributed by atoms with Gasteiger partial charge in [0, 0.05) is 12.4 Å². The molecule has 0 amide bonds. The van der Waals surface area contributed by atoms with Crippen LogP contribution in [-0.4, -0.2) is 9.97 Å². The van der Waals surface area contributed by atoms with Gasteiger partial charge in [0.25, 0.3) is 0 Å². The summed E-state index contributed by atoms with van der Waals surface area (Å²) < 4.78 is 0. The van der Waals surface area contributed by atoms with Crippen molar-refractivity contribution in [3.8, 4) is 0 Å². The lowest BCUT2D eigenvalue weighted by Crippen LogP contribution is -1.92. The molecular weight excluding hydrogens is 208 g/mol. The maximum absolute atomic E-state index is 4.22. The van der Waals surface area contributed by atoms with Crippen molar-refractivity contribution in [2.24, 2.45) is 5.92 Å². The molecule has 0 bridgehead atoms. The highest BCUT2D eigenvalue weighted by Crippen LogP contribution is 2.11. The Kier molecular flexibility index (Phi) is 6.83. The van der Waals surface area contributed by atoms with Crippen LogP contribution in [0.15, 0.2) is 12.4 Å². The molecule has 0 N–H and O–H groups in total. The first kappa shape index (κ1) is 14.1. The monoisotopic (exact) mass is 234 g/mol. The Balaban J connectivity index is 1.99. The quantitative estimate of drug-likeness (QED) is 0.626. The number of hydrogen-bond donors (Lipinski definition) is 0. The molecular formula is C15H26N2. The molecule has 0 atom stereocenters. The first-order valence-corrected chi connectivity index (χ1v) is 6.96. The molecule has 0 aliphatic carbocycles. The van der Waals surface area contributed by atoms with Crippen molar-refractivity contribution in [3.05, 3.63) is 23.8 Å². The van der Waals surface area contributed by atoms with Gasteiger partial charge >= 0.3 is 0 Å². The second-order valence-corrected chi connectivity index (χ2v) is 5.34. The summed E-state index contributed by atoms with van der Waals surface area (Å²) >= 11 is 0. The highest BCUT2D eigenvalue weighted by Gasteiger charge is 1.97. The number of rotatable bonds is 8. The van der Waals surface area contributed by atoms with Crippen LogP contribution in [0.3, 0.4) is 0 Å². The van der Waals surface area contributed by atoms with Crippen LogP contribution < -0.4 is 0 Å². The largest absolute Gasteiger partial charge is 0.241 e. The number of unbranched alkanes of at least 4 members (excludes halogenated alkanes) is 4. The molecule has 1 rings (SSSR count). The van der Waals surface area contributed by atoms with Crippen molar-refractivity contribution in [1.29, 1.82) is 0 Å². The number of aromatic nitrogens is 2. The van der Waals surface area contributed by atoms with E-state index in [1.165, 1.54) is 44.1 Å². The highest BCUT2D eigenvalue weighted by atomic mass is 14.8. The van der Waals surface area contributed by atoms with Crippen LogP contribution >= 0.6 is 0 Å². The Morgan fingerprint density at radius 1 is 0.941 bits per heavy atom. The second kappa shape index (κ2) is 8.21. The molecule has 0 aliphatic heterocycles. The number of nitrogens with zero attached hydrogens (tertiary/aromatic N) is 2. The Labute approximate surface area is 106 Å². The van der Waals surface area contributed by atoms with Crippen molar-refractivity contribution in [1.82, 2.24) is 9.97 Å². The lowest BCUT2D eigenvalue weighted by molar-refractivity contribution is 0.515. The van der Waals surface area contributed by atoms with Crippen LogP contribution in [-0.2, 0) is 6.42 Å². The lowest BCUT2D eigenvalue weighted by atomic mass is 10.0. The predicted molar refractivity (Wildman–Crippen MR) is 73.0 cm³/mol. The molecule has 0 unspecified atom stereocenters. The Morgan fingerprint density at radius 2 is 1.53 bits per heavy atom. The van der Waals surface area contributed by atoms with E-state index in [9.17, 15) is 0 Å². The lowest BCUT2D eigenvalue weighted by Gasteiger charge is -2.04. The summed E-state index contributed by atoms with van der Waals surface area (Å²) in [5.74, 6) is 1.72. The maximum atomic E-state index is 4.22. The van der Waals surface area contributed by atoms with Gasteiger partial charge < -0.3 is 0 Å². The minimum Gasteiger partial charge on any atom is -0.241 e. The van der Waals surface area contributed by atoms with Gasteiger partial charge in [-0.05, 0) is 31.2 Å². The van der Waals surface area contributed by atoms with E-state index in [0.717, 1.165) is 18.2 Å². The van der Waals surface area contributed by atoms with E-state index < -0.39 is 0 Å². The molecule has 0 fully saturated rings. The summed E-state index contributed by atoms with van der Waals surface area (Å²) in [6.07, 6.45) is 13.2. The highest BCUT2D eigenvalue weighted by molar-refractivity contribution is 5.04. The topological polar surface area (TPSA) is 25.8 Å². The molecule has 1 heterocycles. The summed E-state index contributed by atoms with van der Waals surface area (Å²) in [6.45, 7) is 6.54. The van der Waals surface area contributed by atoms with Crippen molar-refractivity contribution in [2.45, 2.75) is 65.7 Å². The molecule has 0 saturated carbocycles. The van der Waals surface area contributed by atoms with Crippen molar-refractivity contribution in [2.75, 3.05) is 0 Å². The van der Waals surface area contributed by atoms with E-state index >= 15 is 0 Å². The van der Waals surface area contributed by atoms with Crippen LogP contribution in [0.4, 0.5) is 0 Å². The Morgan fingerprint density at radius 3 is 2.18 bits per heavy atom. The average Bonchev–Trinajstić information content (AvgIpc) is 2.30. The molecule has 1 aromatic rings. The third kappa shape index (κ3) is 7.09.